The molecule has 0 fully saturated rings. The van der Waals surface area contributed by atoms with Crippen molar-refractivity contribution in [2.75, 3.05) is 43.2 Å². The van der Waals surface area contributed by atoms with Crippen LogP contribution < -0.4 is 15.5 Å². The lowest BCUT2D eigenvalue weighted by atomic mass is 10.1. The van der Waals surface area contributed by atoms with Gasteiger partial charge in [0.2, 0.25) is 11.9 Å². The third-order valence-electron chi connectivity index (χ3n) is 6.52. The third-order valence-corrected chi connectivity index (χ3v) is 6.80. The summed E-state index contributed by atoms with van der Waals surface area (Å²) in [5.74, 6) is -0.0455. The van der Waals surface area contributed by atoms with Gasteiger partial charge < -0.3 is 25.4 Å². The summed E-state index contributed by atoms with van der Waals surface area (Å²) in [5, 5.41) is 7.48. The van der Waals surface area contributed by atoms with Gasteiger partial charge in [0.15, 0.2) is 0 Å². The lowest BCUT2D eigenvalue weighted by Gasteiger charge is -2.19. The van der Waals surface area contributed by atoms with E-state index in [4.69, 9.17) is 11.6 Å². The Morgan fingerprint density at radius 1 is 0.976 bits per heavy atom. The first kappa shape index (κ1) is 28.5. The molecule has 0 radical (unpaired) electrons. The van der Waals surface area contributed by atoms with Gasteiger partial charge in [-0.2, -0.15) is 0 Å². The van der Waals surface area contributed by atoms with Crippen LogP contribution in [0.1, 0.15) is 10.4 Å². The van der Waals surface area contributed by atoms with Gasteiger partial charge in [-0.1, -0.05) is 41.9 Å². The number of hydrogen-bond donors (Lipinski definition) is 3. The van der Waals surface area contributed by atoms with Crippen LogP contribution >= 0.6 is 11.6 Å². The van der Waals surface area contributed by atoms with E-state index < -0.39 is 0 Å². The molecule has 42 heavy (non-hydrogen) atoms. The number of H-pyrrole nitrogens is 1. The predicted molar refractivity (Wildman–Crippen MR) is 170 cm³/mol. The number of fused-ring (bicyclic) bond motifs is 1. The highest BCUT2D eigenvalue weighted by atomic mass is 35.5. The number of aromatic nitrogens is 3. The lowest BCUT2D eigenvalue weighted by Crippen LogP contribution is -2.26. The van der Waals surface area contributed by atoms with Crippen molar-refractivity contribution in [3.05, 3.63) is 108 Å². The highest BCUT2D eigenvalue weighted by Crippen LogP contribution is 2.33. The Bertz CT molecular complexity index is 1760. The number of amides is 2. The summed E-state index contributed by atoms with van der Waals surface area (Å²) in [6.07, 6.45) is 6.73. The molecule has 2 amide bonds. The van der Waals surface area contributed by atoms with Crippen LogP contribution in [-0.4, -0.2) is 59.4 Å². The van der Waals surface area contributed by atoms with Gasteiger partial charge >= 0.3 is 0 Å². The quantitative estimate of drug-likeness (QED) is 0.176. The molecule has 2 aromatic heterocycles. The zero-order chi connectivity index (χ0) is 29.6. The van der Waals surface area contributed by atoms with Gasteiger partial charge in [-0.25, -0.2) is 9.97 Å². The minimum atomic E-state index is -0.226. The second-order valence-corrected chi connectivity index (χ2v) is 10.3. The highest BCUT2D eigenvalue weighted by molar-refractivity contribution is 6.33. The molecule has 9 nitrogen and oxygen atoms in total. The largest absolute Gasteiger partial charge is 0.360 e. The third kappa shape index (κ3) is 6.65. The molecule has 0 bridgehead atoms. The zero-order valence-corrected chi connectivity index (χ0v) is 24.2. The molecule has 212 valence electrons. The summed E-state index contributed by atoms with van der Waals surface area (Å²) in [5.41, 5.74) is 4.96. The zero-order valence-electron chi connectivity index (χ0n) is 23.4. The SMILES string of the molecule is CN(C)CC=CC(=O)Nc1ccc(C(=O)N(C)c2cccc(Nc3ncc(Cl)c(-c4c[nH]c5ccccc45)n3)c2)cc1. The maximum Gasteiger partial charge on any atom is 0.258 e. The smallest absolute Gasteiger partial charge is 0.258 e. The summed E-state index contributed by atoms with van der Waals surface area (Å²) in [7, 11) is 5.57. The van der Waals surface area contributed by atoms with Crippen LogP contribution in [0.2, 0.25) is 5.02 Å². The number of rotatable bonds is 9. The molecule has 2 heterocycles. The minimum Gasteiger partial charge on any atom is -0.360 e. The van der Waals surface area contributed by atoms with Crippen LogP contribution in [0.5, 0.6) is 0 Å². The molecule has 3 N–H and O–H groups in total. The maximum absolute atomic E-state index is 13.2. The summed E-state index contributed by atoms with van der Waals surface area (Å²) in [6.45, 7) is 0.669. The number of carbonyl (C=O) groups is 2. The fourth-order valence-electron chi connectivity index (χ4n) is 4.37. The van der Waals surface area contributed by atoms with Crippen LogP contribution in [0.25, 0.3) is 22.2 Å². The van der Waals surface area contributed by atoms with Crippen molar-refractivity contribution >= 4 is 57.3 Å². The number of benzene rings is 3. The molecule has 5 aromatic rings. The molecule has 0 spiro atoms. The Morgan fingerprint density at radius 3 is 2.55 bits per heavy atom. The van der Waals surface area contributed by atoms with Crippen molar-refractivity contribution in [1.82, 2.24) is 19.9 Å². The second kappa shape index (κ2) is 12.7. The molecule has 0 aliphatic carbocycles. The number of halogens is 1. The van der Waals surface area contributed by atoms with E-state index in [-0.39, 0.29) is 11.8 Å². The average Bonchev–Trinajstić information content (AvgIpc) is 3.42. The van der Waals surface area contributed by atoms with Crippen molar-refractivity contribution in [3.63, 3.8) is 0 Å². The summed E-state index contributed by atoms with van der Waals surface area (Å²) < 4.78 is 0. The molecule has 0 saturated heterocycles. The van der Waals surface area contributed by atoms with Crippen LogP contribution in [0, 0.1) is 0 Å². The minimum absolute atomic E-state index is 0.194. The number of hydrogen-bond acceptors (Lipinski definition) is 6. The van der Waals surface area contributed by atoms with Crippen molar-refractivity contribution in [3.8, 4) is 11.3 Å². The van der Waals surface area contributed by atoms with Crippen molar-refractivity contribution < 1.29 is 9.59 Å². The molecule has 5 rings (SSSR count). The van der Waals surface area contributed by atoms with Gasteiger partial charge in [-0.15, -0.1) is 0 Å². The first-order valence-electron chi connectivity index (χ1n) is 13.2. The predicted octanol–water partition coefficient (Wildman–Crippen LogP) is 6.35. The molecule has 3 aromatic carbocycles. The monoisotopic (exact) mass is 579 g/mol. The lowest BCUT2D eigenvalue weighted by molar-refractivity contribution is -0.111. The van der Waals surface area contributed by atoms with Crippen molar-refractivity contribution in [2.45, 2.75) is 0 Å². The molecular formula is C32H30ClN7O2. The first-order valence-corrected chi connectivity index (χ1v) is 13.6. The number of anilines is 4. The molecule has 0 aliphatic heterocycles. The Morgan fingerprint density at radius 2 is 1.76 bits per heavy atom. The molecule has 0 atom stereocenters. The maximum atomic E-state index is 13.2. The number of nitrogens with zero attached hydrogens (tertiary/aromatic N) is 4. The number of carbonyl (C=O) groups excluding carboxylic acids is 2. The fraction of sp³-hybridized carbons (Fsp3) is 0.125. The van der Waals surface area contributed by atoms with E-state index in [0.717, 1.165) is 16.5 Å². The summed E-state index contributed by atoms with van der Waals surface area (Å²) in [4.78, 5) is 41.1. The van der Waals surface area contributed by atoms with Crippen LogP contribution in [0.3, 0.4) is 0 Å². The van der Waals surface area contributed by atoms with Crippen molar-refractivity contribution in [1.29, 1.82) is 0 Å². The fourth-order valence-corrected chi connectivity index (χ4v) is 4.56. The molecule has 0 saturated carbocycles. The van der Waals surface area contributed by atoms with E-state index in [1.54, 1.807) is 48.5 Å². The van der Waals surface area contributed by atoms with E-state index in [1.807, 2.05) is 73.7 Å². The normalized spacial score (nSPS) is 11.3. The molecule has 10 heteroatoms. The second-order valence-electron chi connectivity index (χ2n) is 9.91. The van der Waals surface area contributed by atoms with Gasteiger partial charge in [0, 0.05) is 65.0 Å². The topological polar surface area (TPSA) is 106 Å². The number of nitrogens with one attached hydrogen (secondary N) is 3. The van der Waals surface area contributed by atoms with E-state index in [9.17, 15) is 9.59 Å². The molecular weight excluding hydrogens is 550 g/mol. The van der Waals surface area contributed by atoms with Crippen LogP contribution in [0.4, 0.5) is 23.0 Å². The van der Waals surface area contributed by atoms with E-state index in [0.29, 0.717) is 45.8 Å². The Balaban J connectivity index is 1.28. The standard InChI is InChI=1S/C32H30ClN7O2/c1-39(2)17-7-12-29(41)36-22-15-13-21(14-16-22)31(42)40(3)24-9-6-8-23(18-24)37-32-35-20-27(33)30(38-32)26-19-34-28-11-5-4-10-25(26)28/h4-16,18-20,34H,17H2,1-3H3,(H,36,41)(H,35,37,38). The number of para-hydroxylation sites is 1. The van der Waals surface area contributed by atoms with Gasteiger partial charge in [0.25, 0.3) is 5.91 Å². The summed E-state index contributed by atoms with van der Waals surface area (Å²) in [6, 6.07) is 22.1. The summed E-state index contributed by atoms with van der Waals surface area (Å²) >= 11 is 6.48. The van der Waals surface area contributed by atoms with Gasteiger partial charge in [0.1, 0.15) is 0 Å². The highest BCUT2D eigenvalue weighted by Gasteiger charge is 2.16. The van der Waals surface area contributed by atoms with Gasteiger partial charge in [-0.3, -0.25) is 9.59 Å². The van der Waals surface area contributed by atoms with Crippen molar-refractivity contribution in [2.24, 2.45) is 0 Å². The average molecular weight is 580 g/mol. The van der Waals surface area contributed by atoms with E-state index >= 15 is 0 Å². The molecule has 0 aliphatic rings. The Labute approximate surface area is 248 Å². The van der Waals surface area contributed by atoms with Crippen LogP contribution in [0.15, 0.2) is 97.3 Å². The Hall–Kier alpha value is -4.99. The molecule has 0 unspecified atom stereocenters. The van der Waals surface area contributed by atoms with Gasteiger partial charge in [0.05, 0.1) is 16.9 Å². The number of aromatic amines is 1. The Kier molecular flexibility index (Phi) is 8.61. The first-order chi connectivity index (χ1) is 20.3. The van der Waals surface area contributed by atoms with E-state index in [1.165, 1.54) is 6.08 Å². The van der Waals surface area contributed by atoms with Crippen LogP contribution in [-0.2, 0) is 4.79 Å². The van der Waals surface area contributed by atoms with E-state index in [2.05, 4.69) is 25.6 Å². The number of likely N-dealkylation sites (N-methyl/N-ethyl adjacent to an activating group) is 1. The van der Waals surface area contributed by atoms with Gasteiger partial charge in [-0.05, 0) is 62.6 Å².